The van der Waals surface area contributed by atoms with E-state index in [1.54, 1.807) is 25.2 Å². The number of anilines is 1. The van der Waals surface area contributed by atoms with Crippen LogP contribution in [0.2, 0.25) is 0 Å². The van der Waals surface area contributed by atoms with Crippen molar-refractivity contribution in [1.29, 1.82) is 0 Å². The molecular formula is C18H19N3O5S. The van der Waals surface area contributed by atoms with E-state index in [1.165, 1.54) is 0 Å². The summed E-state index contributed by atoms with van der Waals surface area (Å²) in [5, 5.41) is 4.26. The van der Waals surface area contributed by atoms with E-state index >= 15 is 0 Å². The predicted molar refractivity (Wildman–Crippen MR) is 99.3 cm³/mol. The Kier molecular flexibility index (Phi) is 5.70. The number of carbonyl (C=O) groups excluding carboxylic acids is 2. The Morgan fingerprint density at radius 3 is 2.81 bits per heavy atom. The number of furan rings is 1. The van der Waals surface area contributed by atoms with Crippen LogP contribution in [0.25, 0.3) is 11.1 Å². The minimum atomic E-state index is -0.545. The zero-order valence-electron chi connectivity index (χ0n) is 15.0. The van der Waals surface area contributed by atoms with Gasteiger partial charge in [0.25, 0.3) is 0 Å². The number of nitrogens with two attached hydrogens (primary N) is 1. The molecule has 0 radical (unpaired) electrons. The number of aromatic nitrogens is 2. The van der Waals surface area contributed by atoms with Crippen molar-refractivity contribution < 1.29 is 23.5 Å². The van der Waals surface area contributed by atoms with Gasteiger partial charge in [-0.05, 0) is 42.7 Å². The highest BCUT2D eigenvalue weighted by molar-refractivity contribution is 7.07. The molecule has 0 atom stereocenters. The molecule has 3 aromatic heterocycles. The standard InChI is InChI=1S/C18H19N3O5S/c1-3-24-18(23)14-10(2)26-17-15(14)16(19)20-12(21-17)8-25-13(22)5-4-11-6-7-27-9-11/h6-7,9H,3-5,8H2,1-2H3,(H2,19,20,21). The van der Waals surface area contributed by atoms with Crippen LogP contribution in [0.1, 0.15) is 40.9 Å². The molecule has 0 unspecified atom stereocenters. The van der Waals surface area contributed by atoms with Gasteiger partial charge in [0.05, 0.1) is 12.0 Å². The second kappa shape index (κ2) is 8.17. The van der Waals surface area contributed by atoms with E-state index in [0.717, 1.165) is 5.56 Å². The number of fused-ring (bicyclic) bond motifs is 1. The Bertz CT molecular complexity index is 965. The first-order valence-corrected chi connectivity index (χ1v) is 9.33. The Morgan fingerprint density at radius 1 is 1.30 bits per heavy atom. The first-order valence-electron chi connectivity index (χ1n) is 8.39. The molecule has 0 aromatic carbocycles. The number of nitrogen functional groups attached to an aromatic ring is 1. The van der Waals surface area contributed by atoms with Crippen LogP contribution in [0.4, 0.5) is 5.82 Å². The zero-order valence-corrected chi connectivity index (χ0v) is 15.8. The van der Waals surface area contributed by atoms with Gasteiger partial charge in [-0.2, -0.15) is 16.3 Å². The number of ether oxygens (including phenoxy) is 2. The van der Waals surface area contributed by atoms with Crippen molar-refractivity contribution in [3.05, 3.63) is 39.5 Å². The maximum absolute atomic E-state index is 12.1. The lowest BCUT2D eigenvalue weighted by atomic mass is 10.2. The van der Waals surface area contributed by atoms with E-state index in [1.807, 2.05) is 16.8 Å². The summed E-state index contributed by atoms with van der Waals surface area (Å²) in [5.74, 6) is -0.283. The molecule has 0 saturated heterocycles. The molecule has 0 aliphatic carbocycles. The Morgan fingerprint density at radius 2 is 2.11 bits per heavy atom. The molecule has 9 heteroatoms. The van der Waals surface area contributed by atoms with E-state index in [9.17, 15) is 9.59 Å². The van der Waals surface area contributed by atoms with Crippen molar-refractivity contribution >= 4 is 40.2 Å². The number of hydrogen-bond donors (Lipinski definition) is 1. The molecule has 0 aliphatic rings. The van der Waals surface area contributed by atoms with Crippen LogP contribution in [0.15, 0.2) is 21.2 Å². The lowest BCUT2D eigenvalue weighted by Gasteiger charge is -2.05. The molecule has 0 fully saturated rings. The predicted octanol–water partition coefficient (Wildman–Crippen LogP) is 3.03. The van der Waals surface area contributed by atoms with Gasteiger partial charge in [-0.25, -0.2) is 9.78 Å². The molecule has 0 saturated carbocycles. The normalized spacial score (nSPS) is 10.9. The number of thiophene rings is 1. The number of hydrogen-bond acceptors (Lipinski definition) is 9. The van der Waals surface area contributed by atoms with Crippen LogP contribution in [0.3, 0.4) is 0 Å². The minimum Gasteiger partial charge on any atom is -0.462 e. The summed E-state index contributed by atoms with van der Waals surface area (Å²) >= 11 is 1.58. The van der Waals surface area contributed by atoms with Crippen LogP contribution in [-0.2, 0) is 27.3 Å². The average molecular weight is 389 g/mol. The lowest BCUT2D eigenvalue weighted by Crippen LogP contribution is -2.10. The summed E-state index contributed by atoms with van der Waals surface area (Å²) in [5.41, 5.74) is 7.44. The molecule has 2 N–H and O–H groups in total. The molecule has 3 aromatic rings. The maximum atomic E-state index is 12.1. The number of nitrogens with zero attached hydrogens (tertiary/aromatic N) is 2. The molecule has 0 amide bonds. The number of rotatable bonds is 7. The van der Waals surface area contributed by atoms with Gasteiger partial charge in [-0.1, -0.05) is 0 Å². The Balaban J connectivity index is 1.71. The molecule has 27 heavy (non-hydrogen) atoms. The van der Waals surface area contributed by atoms with E-state index < -0.39 is 5.97 Å². The van der Waals surface area contributed by atoms with Crippen molar-refractivity contribution in [2.75, 3.05) is 12.3 Å². The number of esters is 2. The topological polar surface area (TPSA) is 118 Å². The van der Waals surface area contributed by atoms with Gasteiger partial charge in [0, 0.05) is 6.42 Å². The SMILES string of the molecule is CCOC(=O)c1c(C)oc2nc(COC(=O)CCc3ccsc3)nc(N)c12. The summed E-state index contributed by atoms with van der Waals surface area (Å²) in [6, 6.07) is 1.97. The number of aryl methyl sites for hydroxylation is 2. The maximum Gasteiger partial charge on any atom is 0.342 e. The molecule has 0 spiro atoms. The summed E-state index contributed by atoms with van der Waals surface area (Å²) in [6.07, 6.45) is 0.881. The molecule has 8 nitrogen and oxygen atoms in total. The zero-order chi connectivity index (χ0) is 19.4. The van der Waals surface area contributed by atoms with Gasteiger partial charge < -0.3 is 19.6 Å². The van der Waals surface area contributed by atoms with Crippen molar-refractivity contribution in [3.8, 4) is 0 Å². The minimum absolute atomic E-state index is 0.0734. The summed E-state index contributed by atoms with van der Waals surface area (Å²) < 4.78 is 15.7. The van der Waals surface area contributed by atoms with Gasteiger partial charge >= 0.3 is 11.9 Å². The van der Waals surface area contributed by atoms with E-state index in [-0.39, 0.29) is 48.5 Å². The van der Waals surface area contributed by atoms with Gasteiger partial charge in [0.1, 0.15) is 17.1 Å². The quantitative estimate of drug-likeness (QED) is 0.613. The van der Waals surface area contributed by atoms with Crippen LogP contribution >= 0.6 is 11.3 Å². The highest BCUT2D eigenvalue weighted by Gasteiger charge is 2.24. The van der Waals surface area contributed by atoms with Crippen molar-refractivity contribution in [2.24, 2.45) is 0 Å². The molecule has 3 heterocycles. The van der Waals surface area contributed by atoms with Gasteiger partial charge in [-0.3, -0.25) is 4.79 Å². The lowest BCUT2D eigenvalue weighted by molar-refractivity contribution is -0.145. The van der Waals surface area contributed by atoms with Crippen molar-refractivity contribution in [2.45, 2.75) is 33.3 Å². The highest BCUT2D eigenvalue weighted by Crippen LogP contribution is 2.29. The second-order valence-electron chi connectivity index (χ2n) is 5.75. The van der Waals surface area contributed by atoms with Gasteiger partial charge in [0.2, 0.25) is 5.71 Å². The fraction of sp³-hybridized carbons (Fsp3) is 0.333. The highest BCUT2D eigenvalue weighted by atomic mass is 32.1. The third-order valence-electron chi connectivity index (χ3n) is 3.84. The Hall–Kier alpha value is -2.94. The molecule has 0 aliphatic heterocycles. The van der Waals surface area contributed by atoms with Crippen molar-refractivity contribution in [1.82, 2.24) is 9.97 Å². The summed E-state index contributed by atoms with van der Waals surface area (Å²) in [4.78, 5) is 32.3. The van der Waals surface area contributed by atoms with Crippen LogP contribution in [0.5, 0.6) is 0 Å². The summed E-state index contributed by atoms with van der Waals surface area (Å²) in [6.45, 7) is 3.43. The first kappa shape index (κ1) is 18.8. The molecule has 142 valence electrons. The monoisotopic (exact) mass is 389 g/mol. The van der Waals surface area contributed by atoms with E-state index in [2.05, 4.69) is 9.97 Å². The first-order chi connectivity index (χ1) is 13.0. The average Bonchev–Trinajstić information content (AvgIpc) is 3.25. The van der Waals surface area contributed by atoms with E-state index in [4.69, 9.17) is 19.6 Å². The van der Waals surface area contributed by atoms with Crippen LogP contribution in [0, 0.1) is 6.92 Å². The fourth-order valence-electron chi connectivity index (χ4n) is 2.60. The van der Waals surface area contributed by atoms with Gasteiger partial charge in [0.15, 0.2) is 12.4 Å². The third-order valence-corrected chi connectivity index (χ3v) is 4.57. The Labute approximate surface area is 159 Å². The molecule has 3 rings (SSSR count). The fourth-order valence-corrected chi connectivity index (χ4v) is 3.30. The van der Waals surface area contributed by atoms with Crippen molar-refractivity contribution in [3.63, 3.8) is 0 Å². The largest absolute Gasteiger partial charge is 0.462 e. The smallest absolute Gasteiger partial charge is 0.342 e. The van der Waals surface area contributed by atoms with E-state index in [0.29, 0.717) is 17.6 Å². The molecule has 0 bridgehead atoms. The second-order valence-corrected chi connectivity index (χ2v) is 6.53. The summed E-state index contributed by atoms with van der Waals surface area (Å²) in [7, 11) is 0. The third kappa shape index (κ3) is 4.25. The molecular weight excluding hydrogens is 370 g/mol. The van der Waals surface area contributed by atoms with Gasteiger partial charge in [-0.15, -0.1) is 0 Å². The van der Waals surface area contributed by atoms with Crippen LogP contribution in [-0.4, -0.2) is 28.5 Å². The van der Waals surface area contributed by atoms with Crippen LogP contribution < -0.4 is 5.73 Å². The number of carbonyl (C=O) groups is 2.